The summed E-state index contributed by atoms with van der Waals surface area (Å²) in [6, 6.07) is 3.61. The van der Waals surface area contributed by atoms with Crippen LogP contribution in [-0.2, 0) is 0 Å². The van der Waals surface area contributed by atoms with E-state index in [9.17, 15) is 4.79 Å². The number of hydrogen-bond donors (Lipinski definition) is 2. The van der Waals surface area contributed by atoms with Crippen molar-refractivity contribution in [1.82, 2.24) is 5.32 Å². The Kier molecular flexibility index (Phi) is 6.29. The van der Waals surface area contributed by atoms with Gasteiger partial charge in [0.15, 0.2) is 6.29 Å². The van der Waals surface area contributed by atoms with Crippen LogP contribution >= 0.6 is 0 Å². The molecule has 0 bridgehead atoms. The maximum Gasteiger partial charge on any atom is 0.157 e. The fraction of sp³-hybridized carbons (Fsp3) is 0.333. The van der Waals surface area contributed by atoms with E-state index in [1.807, 2.05) is 13.2 Å². The number of aldehydes is 1. The molecule has 0 atom stereocenters. The average Bonchev–Trinajstić information content (AvgIpc) is 2.49. The van der Waals surface area contributed by atoms with Crippen LogP contribution in [0.15, 0.2) is 18.3 Å². The fourth-order valence-electron chi connectivity index (χ4n) is 1.94. The Labute approximate surface area is 119 Å². The van der Waals surface area contributed by atoms with Crippen molar-refractivity contribution in [2.45, 2.75) is 12.8 Å². The van der Waals surface area contributed by atoms with E-state index in [2.05, 4.69) is 5.32 Å². The molecule has 0 aliphatic rings. The molecule has 5 heteroatoms. The molecular formula is C15H20N2O3. The minimum absolute atomic E-state index is 0.398. The third-order valence-electron chi connectivity index (χ3n) is 2.91. The lowest BCUT2D eigenvalue weighted by Crippen LogP contribution is -2.01. The molecule has 0 amide bonds. The summed E-state index contributed by atoms with van der Waals surface area (Å²) in [6.45, 7) is 0. The molecular weight excluding hydrogens is 256 g/mol. The number of benzene rings is 1. The van der Waals surface area contributed by atoms with Crippen molar-refractivity contribution < 1.29 is 14.3 Å². The Hall–Kier alpha value is -2.30. The van der Waals surface area contributed by atoms with E-state index < -0.39 is 0 Å². The quantitative estimate of drug-likeness (QED) is 0.565. The number of carbonyl (C=O) groups excluding carboxylic acids is 1. The monoisotopic (exact) mass is 276 g/mol. The minimum Gasteiger partial charge on any atom is -0.496 e. The molecule has 5 nitrogen and oxygen atoms in total. The van der Waals surface area contributed by atoms with Gasteiger partial charge in [-0.05, 0) is 42.3 Å². The zero-order valence-corrected chi connectivity index (χ0v) is 12.0. The van der Waals surface area contributed by atoms with E-state index >= 15 is 0 Å². The number of allylic oxidation sites excluding steroid dienone is 1. The zero-order chi connectivity index (χ0) is 15.0. The maximum absolute atomic E-state index is 11.1. The van der Waals surface area contributed by atoms with Crippen LogP contribution in [0.2, 0.25) is 0 Å². The molecule has 0 unspecified atom stereocenters. The molecule has 2 N–H and O–H groups in total. The molecule has 0 aromatic heterocycles. The third-order valence-corrected chi connectivity index (χ3v) is 2.91. The number of methoxy groups -OCH3 is 2. The summed E-state index contributed by atoms with van der Waals surface area (Å²) in [6.07, 6.45) is 5.33. The van der Waals surface area contributed by atoms with Crippen LogP contribution in [0.5, 0.6) is 11.5 Å². The molecule has 0 saturated heterocycles. The highest BCUT2D eigenvalue weighted by Crippen LogP contribution is 2.33. The van der Waals surface area contributed by atoms with E-state index in [-0.39, 0.29) is 0 Å². The standard InChI is InChI=1S/C15H20N2O3/c1-17-9-11(5-4-6-16)12-7-14(19-2)13(10-18)15(8-12)20-3/h6-10,16-17H,4-5H2,1-3H3/b11-9+,16-6?. The Morgan fingerprint density at radius 3 is 2.30 bits per heavy atom. The van der Waals surface area contributed by atoms with Crippen LogP contribution in [0.4, 0.5) is 0 Å². The van der Waals surface area contributed by atoms with Crippen molar-refractivity contribution in [1.29, 1.82) is 5.41 Å². The van der Waals surface area contributed by atoms with E-state index in [4.69, 9.17) is 14.9 Å². The smallest absolute Gasteiger partial charge is 0.157 e. The van der Waals surface area contributed by atoms with Gasteiger partial charge in [0, 0.05) is 13.2 Å². The topological polar surface area (TPSA) is 71.4 Å². The molecule has 0 fully saturated rings. The van der Waals surface area contributed by atoms with Gasteiger partial charge in [-0.2, -0.15) is 0 Å². The van der Waals surface area contributed by atoms with Gasteiger partial charge in [-0.1, -0.05) is 0 Å². The first-order chi connectivity index (χ1) is 9.71. The van der Waals surface area contributed by atoms with Crippen molar-refractivity contribution >= 4 is 18.1 Å². The molecule has 108 valence electrons. The summed E-state index contributed by atoms with van der Waals surface area (Å²) in [5.41, 5.74) is 2.32. The highest BCUT2D eigenvalue weighted by molar-refractivity contribution is 5.86. The first-order valence-electron chi connectivity index (χ1n) is 6.28. The van der Waals surface area contributed by atoms with Crippen LogP contribution in [0.3, 0.4) is 0 Å². The minimum atomic E-state index is 0.398. The van der Waals surface area contributed by atoms with Crippen molar-refractivity contribution in [3.63, 3.8) is 0 Å². The predicted octanol–water partition coefficient (Wildman–Crippen LogP) is 2.51. The number of carbonyl (C=O) groups is 1. The number of rotatable bonds is 8. The molecule has 0 heterocycles. The van der Waals surface area contributed by atoms with Gasteiger partial charge in [-0.15, -0.1) is 0 Å². The van der Waals surface area contributed by atoms with Gasteiger partial charge >= 0.3 is 0 Å². The predicted molar refractivity (Wildman–Crippen MR) is 80.0 cm³/mol. The van der Waals surface area contributed by atoms with Gasteiger partial charge in [0.2, 0.25) is 0 Å². The van der Waals surface area contributed by atoms with Crippen molar-refractivity contribution in [2.75, 3.05) is 21.3 Å². The summed E-state index contributed by atoms with van der Waals surface area (Å²) in [7, 11) is 4.86. The summed E-state index contributed by atoms with van der Waals surface area (Å²) >= 11 is 0. The van der Waals surface area contributed by atoms with E-state index in [0.29, 0.717) is 23.5 Å². The third kappa shape index (κ3) is 3.60. The van der Waals surface area contributed by atoms with Crippen LogP contribution in [0.1, 0.15) is 28.8 Å². The molecule has 0 aliphatic heterocycles. The van der Waals surface area contributed by atoms with E-state index in [1.54, 1.807) is 12.1 Å². The average molecular weight is 276 g/mol. The van der Waals surface area contributed by atoms with Gasteiger partial charge in [0.1, 0.15) is 11.5 Å². The highest BCUT2D eigenvalue weighted by atomic mass is 16.5. The van der Waals surface area contributed by atoms with Gasteiger partial charge in [-0.3, -0.25) is 4.79 Å². The van der Waals surface area contributed by atoms with Crippen LogP contribution in [0.25, 0.3) is 5.57 Å². The molecule has 1 aromatic rings. The van der Waals surface area contributed by atoms with Gasteiger partial charge < -0.3 is 20.2 Å². The van der Waals surface area contributed by atoms with Crippen molar-refractivity contribution in [2.24, 2.45) is 0 Å². The van der Waals surface area contributed by atoms with Crippen molar-refractivity contribution in [3.05, 3.63) is 29.5 Å². The lowest BCUT2D eigenvalue weighted by Gasteiger charge is -2.14. The largest absolute Gasteiger partial charge is 0.496 e. The molecule has 1 aromatic carbocycles. The van der Waals surface area contributed by atoms with Crippen molar-refractivity contribution in [3.8, 4) is 11.5 Å². The molecule has 0 saturated carbocycles. The molecule has 0 spiro atoms. The lowest BCUT2D eigenvalue weighted by molar-refractivity contribution is 0.111. The van der Waals surface area contributed by atoms with E-state index in [0.717, 1.165) is 23.8 Å². The second kappa shape index (κ2) is 7.99. The molecule has 1 rings (SSSR count). The Morgan fingerprint density at radius 1 is 1.30 bits per heavy atom. The van der Waals surface area contributed by atoms with Crippen LogP contribution in [0, 0.1) is 5.41 Å². The Bertz CT molecular complexity index is 485. The molecule has 0 aliphatic carbocycles. The fourth-order valence-corrected chi connectivity index (χ4v) is 1.94. The van der Waals surface area contributed by atoms with E-state index in [1.165, 1.54) is 20.4 Å². The highest BCUT2D eigenvalue weighted by Gasteiger charge is 2.13. The summed E-state index contributed by atoms with van der Waals surface area (Å²) < 4.78 is 10.5. The number of hydrogen-bond acceptors (Lipinski definition) is 5. The maximum atomic E-state index is 11.1. The number of ether oxygens (including phenoxy) is 2. The Balaban J connectivity index is 3.31. The number of nitrogens with one attached hydrogen (secondary N) is 2. The van der Waals surface area contributed by atoms with Gasteiger partial charge in [0.05, 0.1) is 19.8 Å². The first-order valence-corrected chi connectivity index (χ1v) is 6.28. The van der Waals surface area contributed by atoms with Gasteiger partial charge in [-0.25, -0.2) is 0 Å². The normalized spacial score (nSPS) is 10.8. The lowest BCUT2D eigenvalue weighted by atomic mass is 9.99. The first kappa shape index (κ1) is 15.8. The Morgan fingerprint density at radius 2 is 1.90 bits per heavy atom. The SMILES string of the molecule is CN/C=C(\CCC=N)c1cc(OC)c(C=O)c(OC)c1. The molecule has 20 heavy (non-hydrogen) atoms. The van der Waals surface area contributed by atoms with Crippen LogP contribution in [-0.4, -0.2) is 33.8 Å². The zero-order valence-electron chi connectivity index (χ0n) is 12.0. The summed E-state index contributed by atoms with van der Waals surface area (Å²) in [5.74, 6) is 0.956. The second-order valence-corrected chi connectivity index (χ2v) is 4.11. The van der Waals surface area contributed by atoms with Gasteiger partial charge in [0.25, 0.3) is 0 Å². The molecule has 0 radical (unpaired) electrons. The summed E-state index contributed by atoms with van der Waals surface area (Å²) in [5, 5.41) is 10.1. The van der Waals surface area contributed by atoms with Crippen LogP contribution < -0.4 is 14.8 Å². The summed E-state index contributed by atoms with van der Waals surface area (Å²) in [4.78, 5) is 11.1. The second-order valence-electron chi connectivity index (χ2n) is 4.11.